The number of ether oxygens (including phenoxy) is 1. The maximum atomic E-state index is 12.0. The first kappa shape index (κ1) is 14.3. The zero-order valence-corrected chi connectivity index (χ0v) is 11.1. The van der Waals surface area contributed by atoms with Gasteiger partial charge in [0.25, 0.3) is 11.6 Å². The molecule has 1 amide bonds. The van der Waals surface area contributed by atoms with Gasteiger partial charge in [-0.15, -0.1) is 0 Å². The summed E-state index contributed by atoms with van der Waals surface area (Å²) >= 11 is 0. The molecule has 1 heterocycles. The van der Waals surface area contributed by atoms with E-state index in [0.29, 0.717) is 11.6 Å². The monoisotopic (exact) mass is 288 g/mol. The number of nitro groups is 1. The number of carbonyl (C=O) groups is 1. The number of amides is 1. The van der Waals surface area contributed by atoms with Gasteiger partial charge in [-0.2, -0.15) is 0 Å². The van der Waals surface area contributed by atoms with Gasteiger partial charge in [-0.3, -0.25) is 14.9 Å². The Bertz CT molecular complexity index is 685. The van der Waals surface area contributed by atoms with E-state index in [1.165, 1.54) is 31.5 Å². The van der Waals surface area contributed by atoms with Gasteiger partial charge in [-0.1, -0.05) is 0 Å². The standard InChI is InChI=1S/C13H12N4O4/c1-21-12-5-3-9(7-15-12)16-13(18)8-2-4-11(17(19)20)10(14)6-8/h2-7H,14H2,1H3,(H,16,18). The van der Waals surface area contributed by atoms with Gasteiger partial charge in [0.05, 0.1) is 23.9 Å². The molecule has 0 bridgehead atoms. The number of nitrogen functional groups attached to an aromatic ring is 1. The molecule has 0 spiro atoms. The molecule has 0 atom stereocenters. The van der Waals surface area contributed by atoms with Crippen LogP contribution in [0.3, 0.4) is 0 Å². The van der Waals surface area contributed by atoms with Crippen molar-refractivity contribution in [1.29, 1.82) is 0 Å². The van der Waals surface area contributed by atoms with Gasteiger partial charge in [0.1, 0.15) is 5.69 Å². The fourth-order valence-electron chi connectivity index (χ4n) is 1.64. The minimum atomic E-state index is -0.607. The van der Waals surface area contributed by atoms with E-state index in [-0.39, 0.29) is 16.9 Å². The molecule has 0 aliphatic heterocycles. The molecule has 1 aromatic carbocycles. The molecule has 0 unspecified atom stereocenters. The van der Waals surface area contributed by atoms with Crippen LogP contribution >= 0.6 is 0 Å². The molecule has 108 valence electrons. The summed E-state index contributed by atoms with van der Waals surface area (Å²) in [5.74, 6) is -0.0175. The third kappa shape index (κ3) is 3.24. The number of carbonyl (C=O) groups excluding carboxylic acids is 1. The molecule has 2 rings (SSSR count). The van der Waals surface area contributed by atoms with Crippen LogP contribution in [-0.2, 0) is 0 Å². The van der Waals surface area contributed by atoms with Gasteiger partial charge in [0.15, 0.2) is 0 Å². The molecule has 8 heteroatoms. The predicted molar refractivity (Wildman–Crippen MR) is 76.3 cm³/mol. The van der Waals surface area contributed by atoms with E-state index in [1.807, 2.05) is 0 Å². The summed E-state index contributed by atoms with van der Waals surface area (Å²) in [7, 11) is 1.49. The van der Waals surface area contributed by atoms with E-state index >= 15 is 0 Å². The van der Waals surface area contributed by atoms with E-state index in [9.17, 15) is 14.9 Å². The number of nitrogens with two attached hydrogens (primary N) is 1. The number of methoxy groups -OCH3 is 1. The minimum Gasteiger partial charge on any atom is -0.481 e. The normalized spacial score (nSPS) is 9.95. The fraction of sp³-hybridized carbons (Fsp3) is 0.0769. The van der Waals surface area contributed by atoms with Crippen molar-refractivity contribution in [3.05, 3.63) is 52.2 Å². The van der Waals surface area contributed by atoms with E-state index in [0.717, 1.165) is 0 Å². The van der Waals surface area contributed by atoms with Crippen LogP contribution in [0.5, 0.6) is 5.88 Å². The predicted octanol–water partition coefficient (Wildman–Crippen LogP) is 1.83. The first-order chi connectivity index (χ1) is 10.0. The Morgan fingerprint density at radius 1 is 1.38 bits per heavy atom. The number of hydrogen-bond donors (Lipinski definition) is 2. The van der Waals surface area contributed by atoms with Crippen LogP contribution < -0.4 is 15.8 Å². The highest BCUT2D eigenvalue weighted by molar-refractivity contribution is 6.05. The summed E-state index contributed by atoms with van der Waals surface area (Å²) in [4.78, 5) is 26.0. The Kier molecular flexibility index (Phi) is 3.98. The molecule has 0 saturated heterocycles. The van der Waals surface area contributed by atoms with Crippen molar-refractivity contribution >= 4 is 23.0 Å². The molecule has 0 aliphatic carbocycles. The van der Waals surface area contributed by atoms with Crippen molar-refractivity contribution in [2.45, 2.75) is 0 Å². The van der Waals surface area contributed by atoms with E-state index in [1.54, 1.807) is 12.1 Å². The number of aromatic nitrogens is 1. The zero-order valence-electron chi connectivity index (χ0n) is 11.1. The molecule has 2 aromatic rings. The van der Waals surface area contributed by atoms with Gasteiger partial charge < -0.3 is 15.8 Å². The lowest BCUT2D eigenvalue weighted by molar-refractivity contribution is -0.383. The summed E-state index contributed by atoms with van der Waals surface area (Å²) in [6.07, 6.45) is 1.44. The van der Waals surface area contributed by atoms with E-state index in [2.05, 4.69) is 10.3 Å². The first-order valence-corrected chi connectivity index (χ1v) is 5.86. The molecule has 8 nitrogen and oxygen atoms in total. The number of hydrogen-bond acceptors (Lipinski definition) is 6. The Hall–Kier alpha value is -3.16. The highest BCUT2D eigenvalue weighted by Crippen LogP contribution is 2.22. The van der Waals surface area contributed by atoms with E-state index < -0.39 is 10.8 Å². The molecule has 0 saturated carbocycles. The van der Waals surface area contributed by atoms with Crippen LogP contribution in [0, 0.1) is 10.1 Å². The number of nitrogens with zero attached hydrogens (tertiary/aromatic N) is 2. The van der Waals surface area contributed by atoms with Crippen LogP contribution in [0.15, 0.2) is 36.5 Å². The quantitative estimate of drug-likeness (QED) is 0.503. The third-order valence-electron chi connectivity index (χ3n) is 2.69. The molecule has 3 N–H and O–H groups in total. The van der Waals surface area contributed by atoms with Crippen LogP contribution in [0.4, 0.5) is 17.1 Å². The third-order valence-corrected chi connectivity index (χ3v) is 2.69. The highest BCUT2D eigenvalue weighted by Gasteiger charge is 2.14. The summed E-state index contributed by atoms with van der Waals surface area (Å²) in [5, 5.41) is 13.3. The average Bonchev–Trinajstić information content (AvgIpc) is 2.47. The van der Waals surface area contributed by atoms with Crippen LogP contribution in [0.2, 0.25) is 0 Å². The Morgan fingerprint density at radius 3 is 2.67 bits per heavy atom. The number of nitrogens with one attached hydrogen (secondary N) is 1. The van der Waals surface area contributed by atoms with Gasteiger partial charge in [0.2, 0.25) is 5.88 Å². The van der Waals surface area contributed by atoms with Crippen LogP contribution in [0.25, 0.3) is 0 Å². The lowest BCUT2D eigenvalue weighted by Crippen LogP contribution is -2.12. The number of rotatable bonds is 4. The maximum Gasteiger partial charge on any atom is 0.292 e. The molecular weight excluding hydrogens is 276 g/mol. The zero-order chi connectivity index (χ0) is 15.4. The lowest BCUT2D eigenvalue weighted by atomic mass is 10.1. The summed E-state index contributed by atoms with van der Waals surface area (Å²) in [5.41, 5.74) is 5.92. The second kappa shape index (κ2) is 5.87. The van der Waals surface area contributed by atoms with E-state index in [4.69, 9.17) is 10.5 Å². The Labute approximate surface area is 119 Å². The number of pyridine rings is 1. The smallest absolute Gasteiger partial charge is 0.292 e. The molecule has 21 heavy (non-hydrogen) atoms. The largest absolute Gasteiger partial charge is 0.481 e. The SMILES string of the molecule is COc1ccc(NC(=O)c2ccc([N+](=O)[O-])c(N)c2)cn1. The van der Waals surface area contributed by atoms with Gasteiger partial charge >= 0.3 is 0 Å². The number of anilines is 2. The van der Waals surface area contributed by atoms with Crippen molar-refractivity contribution in [2.75, 3.05) is 18.2 Å². The summed E-state index contributed by atoms with van der Waals surface area (Å²) in [6, 6.07) is 7.00. The van der Waals surface area contributed by atoms with Crippen molar-refractivity contribution in [3.63, 3.8) is 0 Å². The molecule has 0 radical (unpaired) electrons. The highest BCUT2D eigenvalue weighted by atomic mass is 16.6. The fourth-order valence-corrected chi connectivity index (χ4v) is 1.64. The molecule has 1 aromatic heterocycles. The second-order valence-corrected chi connectivity index (χ2v) is 4.07. The summed E-state index contributed by atoms with van der Waals surface area (Å²) < 4.78 is 4.91. The van der Waals surface area contributed by atoms with Gasteiger partial charge in [-0.25, -0.2) is 4.98 Å². The summed E-state index contributed by atoms with van der Waals surface area (Å²) in [6.45, 7) is 0. The van der Waals surface area contributed by atoms with Gasteiger partial charge in [0, 0.05) is 17.7 Å². The number of nitro benzene ring substituents is 1. The van der Waals surface area contributed by atoms with Crippen molar-refractivity contribution in [3.8, 4) is 5.88 Å². The average molecular weight is 288 g/mol. The van der Waals surface area contributed by atoms with Crippen molar-refractivity contribution in [1.82, 2.24) is 4.98 Å². The van der Waals surface area contributed by atoms with Crippen LogP contribution in [-0.4, -0.2) is 22.9 Å². The lowest BCUT2D eigenvalue weighted by Gasteiger charge is -2.06. The minimum absolute atomic E-state index is 0.0690. The van der Waals surface area contributed by atoms with Gasteiger partial charge in [-0.05, 0) is 18.2 Å². The Balaban J connectivity index is 2.16. The second-order valence-electron chi connectivity index (χ2n) is 4.07. The number of benzene rings is 1. The van der Waals surface area contributed by atoms with Crippen molar-refractivity contribution in [2.24, 2.45) is 0 Å². The Morgan fingerprint density at radius 2 is 2.14 bits per heavy atom. The first-order valence-electron chi connectivity index (χ1n) is 5.86. The van der Waals surface area contributed by atoms with Crippen molar-refractivity contribution < 1.29 is 14.5 Å². The molecular formula is C13H12N4O4. The van der Waals surface area contributed by atoms with Crippen LogP contribution in [0.1, 0.15) is 10.4 Å². The maximum absolute atomic E-state index is 12.0. The molecule has 0 fully saturated rings. The topological polar surface area (TPSA) is 120 Å². The molecule has 0 aliphatic rings.